The second-order valence-electron chi connectivity index (χ2n) is 2.64. The van der Waals surface area contributed by atoms with Gasteiger partial charge in [-0.15, -0.1) is 0 Å². The quantitative estimate of drug-likeness (QED) is 0.510. The third kappa shape index (κ3) is 3.40. The Hall–Kier alpha value is -1.13. The molecule has 1 heterocycles. The van der Waals surface area contributed by atoms with Crippen molar-refractivity contribution in [1.82, 2.24) is 4.57 Å². The lowest BCUT2D eigenvalue weighted by Crippen LogP contribution is -2.06. The van der Waals surface area contributed by atoms with Gasteiger partial charge in [-0.05, 0) is 6.07 Å². The maximum Gasteiger partial charge on any atom is 0.151 e. The number of aliphatic hydroxyl groups is 1. The lowest BCUT2D eigenvalue weighted by atomic mass is 10.4. The summed E-state index contributed by atoms with van der Waals surface area (Å²) in [5.41, 5.74) is 0.669. The minimum Gasteiger partial charge on any atom is -0.394 e. The second-order valence-corrected chi connectivity index (χ2v) is 2.64. The maximum absolute atomic E-state index is 10.3. The fraction of sp³-hybridized carbons (Fsp3) is 0.444. The first-order chi connectivity index (χ1) is 6.36. The first-order valence-corrected chi connectivity index (χ1v) is 4.16. The van der Waals surface area contributed by atoms with Gasteiger partial charge in [-0.25, -0.2) is 0 Å². The molecular formula is C9H13NO3. The van der Waals surface area contributed by atoms with Crippen LogP contribution in [0.4, 0.5) is 0 Å². The van der Waals surface area contributed by atoms with Gasteiger partial charge >= 0.3 is 0 Å². The smallest absolute Gasteiger partial charge is 0.151 e. The van der Waals surface area contributed by atoms with E-state index < -0.39 is 0 Å². The molecule has 0 aliphatic rings. The number of ether oxygens (including phenoxy) is 1. The zero-order valence-electron chi connectivity index (χ0n) is 7.35. The van der Waals surface area contributed by atoms with Crippen LogP contribution in [0, 0.1) is 0 Å². The van der Waals surface area contributed by atoms with Crippen molar-refractivity contribution >= 4 is 6.29 Å². The van der Waals surface area contributed by atoms with Crippen molar-refractivity contribution in [3.63, 3.8) is 0 Å². The Morgan fingerprint density at radius 2 is 2.38 bits per heavy atom. The first kappa shape index (κ1) is 9.95. The number of aromatic nitrogens is 1. The third-order valence-corrected chi connectivity index (χ3v) is 1.64. The van der Waals surface area contributed by atoms with Crippen LogP contribution in [0.25, 0.3) is 0 Å². The molecule has 0 amide bonds. The van der Waals surface area contributed by atoms with Gasteiger partial charge in [0, 0.05) is 24.5 Å². The highest BCUT2D eigenvalue weighted by Crippen LogP contribution is 1.97. The lowest BCUT2D eigenvalue weighted by molar-refractivity contribution is 0.0870. The molecule has 1 aromatic rings. The van der Waals surface area contributed by atoms with Crippen LogP contribution >= 0.6 is 0 Å². The van der Waals surface area contributed by atoms with Gasteiger partial charge in [0.05, 0.1) is 19.8 Å². The van der Waals surface area contributed by atoms with E-state index in [1.807, 2.05) is 10.8 Å². The van der Waals surface area contributed by atoms with Gasteiger partial charge in [0.1, 0.15) is 0 Å². The lowest BCUT2D eigenvalue weighted by Gasteiger charge is -2.02. The van der Waals surface area contributed by atoms with Crippen LogP contribution in [0.2, 0.25) is 0 Å². The number of carbonyl (C=O) groups excluding carboxylic acids is 1. The zero-order valence-corrected chi connectivity index (χ0v) is 7.35. The summed E-state index contributed by atoms with van der Waals surface area (Å²) in [6.45, 7) is 1.66. The number of nitrogens with zero attached hydrogens (tertiary/aromatic N) is 1. The molecule has 0 spiro atoms. The second kappa shape index (κ2) is 5.50. The molecule has 0 atom stereocenters. The van der Waals surface area contributed by atoms with Crippen molar-refractivity contribution in [2.45, 2.75) is 6.54 Å². The summed E-state index contributed by atoms with van der Waals surface area (Å²) in [5.74, 6) is 0. The van der Waals surface area contributed by atoms with E-state index in [9.17, 15) is 4.79 Å². The summed E-state index contributed by atoms with van der Waals surface area (Å²) < 4.78 is 6.95. The Morgan fingerprint density at radius 1 is 1.54 bits per heavy atom. The topological polar surface area (TPSA) is 51.5 Å². The highest BCUT2D eigenvalue weighted by atomic mass is 16.5. The molecule has 0 aliphatic carbocycles. The van der Waals surface area contributed by atoms with Gasteiger partial charge in [0.2, 0.25) is 0 Å². The molecule has 1 aromatic heterocycles. The zero-order chi connectivity index (χ0) is 9.52. The molecule has 0 saturated heterocycles. The van der Waals surface area contributed by atoms with Gasteiger partial charge in [-0.3, -0.25) is 4.79 Å². The van der Waals surface area contributed by atoms with Crippen LogP contribution in [0.15, 0.2) is 18.5 Å². The molecule has 0 radical (unpaired) electrons. The molecule has 1 N–H and O–H groups in total. The minimum atomic E-state index is 0.0469. The van der Waals surface area contributed by atoms with Gasteiger partial charge in [0.15, 0.2) is 6.29 Å². The Morgan fingerprint density at radius 3 is 3.00 bits per heavy atom. The fourth-order valence-corrected chi connectivity index (χ4v) is 1.00. The summed E-state index contributed by atoms with van der Waals surface area (Å²) in [7, 11) is 0. The normalized spacial score (nSPS) is 10.2. The van der Waals surface area contributed by atoms with Crippen LogP contribution in [-0.2, 0) is 11.3 Å². The Balaban J connectivity index is 2.24. The number of hydrogen-bond donors (Lipinski definition) is 1. The molecule has 0 saturated carbocycles. The Kier molecular flexibility index (Phi) is 4.21. The van der Waals surface area contributed by atoms with E-state index in [0.717, 1.165) is 6.29 Å². The van der Waals surface area contributed by atoms with E-state index in [1.165, 1.54) is 0 Å². The van der Waals surface area contributed by atoms with E-state index >= 15 is 0 Å². The summed E-state index contributed by atoms with van der Waals surface area (Å²) in [6.07, 6.45) is 4.40. The van der Waals surface area contributed by atoms with Crippen molar-refractivity contribution in [2.24, 2.45) is 0 Å². The molecule has 0 unspecified atom stereocenters. The van der Waals surface area contributed by atoms with E-state index in [0.29, 0.717) is 25.3 Å². The highest BCUT2D eigenvalue weighted by Gasteiger charge is 1.94. The molecular weight excluding hydrogens is 170 g/mol. The van der Waals surface area contributed by atoms with Gasteiger partial charge < -0.3 is 14.4 Å². The fourth-order valence-electron chi connectivity index (χ4n) is 1.00. The van der Waals surface area contributed by atoms with Crippen molar-refractivity contribution < 1.29 is 14.6 Å². The van der Waals surface area contributed by atoms with E-state index in [2.05, 4.69) is 0 Å². The van der Waals surface area contributed by atoms with Gasteiger partial charge in [-0.1, -0.05) is 0 Å². The summed E-state index contributed by atoms with van der Waals surface area (Å²) >= 11 is 0. The minimum absolute atomic E-state index is 0.0469. The number of hydrogen-bond acceptors (Lipinski definition) is 3. The van der Waals surface area contributed by atoms with Gasteiger partial charge in [-0.2, -0.15) is 0 Å². The molecule has 4 nitrogen and oxygen atoms in total. The van der Waals surface area contributed by atoms with Crippen LogP contribution < -0.4 is 0 Å². The predicted molar refractivity (Wildman–Crippen MR) is 47.7 cm³/mol. The maximum atomic E-state index is 10.3. The largest absolute Gasteiger partial charge is 0.394 e. The average molecular weight is 183 g/mol. The average Bonchev–Trinajstić information content (AvgIpc) is 2.60. The highest BCUT2D eigenvalue weighted by molar-refractivity contribution is 5.74. The number of rotatable bonds is 6. The molecule has 0 bridgehead atoms. The van der Waals surface area contributed by atoms with Gasteiger partial charge in [0.25, 0.3) is 0 Å². The van der Waals surface area contributed by atoms with Crippen molar-refractivity contribution in [1.29, 1.82) is 0 Å². The predicted octanol–water partition coefficient (Wildman–Crippen LogP) is 0.309. The SMILES string of the molecule is O=Cc1ccn(CCOCCO)c1. The van der Waals surface area contributed by atoms with Crippen molar-refractivity contribution in [3.05, 3.63) is 24.0 Å². The number of aldehydes is 1. The van der Waals surface area contributed by atoms with E-state index in [4.69, 9.17) is 9.84 Å². The third-order valence-electron chi connectivity index (χ3n) is 1.64. The monoisotopic (exact) mass is 183 g/mol. The molecule has 0 aromatic carbocycles. The van der Waals surface area contributed by atoms with Crippen LogP contribution in [0.3, 0.4) is 0 Å². The number of aliphatic hydroxyl groups excluding tert-OH is 1. The van der Waals surface area contributed by atoms with E-state index in [1.54, 1.807) is 12.3 Å². The molecule has 72 valence electrons. The standard InChI is InChI=1S/C9H13NO3/c11-4-6-13-5-3-10-2-1-9(7-10)8-12/h1-2,7-8,11H,3-6H2. The van der Waals surface area contributed by atoms with Crippen LogP contribution in [0.5, 0.6) is 0 Å². The summed E-state index contributed by atoms with van der Waals surface area (Å²) in [5, 5.41) is 8.43. The first-order valence-electron chi connectivity index (χ1n) is 4.16. The van der Waals surface area contributed by atoms with Crippen LogP contribution in [0.1, 0.15) is 10.4 Å². The summed E-state index contributed by atoms with van der Waals surface area (Å²) in [4.78, 5) is 10.3. The number of carbonyl (C=O) groups is 1. The molecule has 0 fully saturated rings. The summed E-state index contributed by atoms with van der Waals surface area (Å²) in [6, 6.07) is 1.75. The molecule has 1 rings (SSSR count). The molecule has 4 heteroatoms. The Bertz CT molecular complexity index is 257. The molecule has 13 heavy (non-hydrogen) atoms. The van der Waals surface area contributed by atoms with E-state index in [-0.39, 0.29) is 6.61 Å². The molecule has 0 aliphatic heterocycles. The van der Waals surface area contributed by atoms with Crippen molar-refractivity contribution in [3.8, 4) is 0 Å². The Labute approximate surface area is 76.7 Å². The van der Waals surface area contributed by atoms with Crippen molar-refractivity contribution in [2.75, 3.05) is 19.8 Å². The van der Waals surface area contributed by atoms with Crippen LogP contribution in [-0.4, -0.2) is 35.8 Å².